The molecule has 0 amide bonds. The fourth-order valence-corrected chi connectivity index (χ4v) is 3.31. The monoisotopic (exact) mass is 329 g/mol. The van der Waals surface area contributed by atoms with Gasteiger partial charge in [-0.1, -0.05) is 17.7 Å². The van der Waals surface area contributed by atoms with Crippen molar-refractivity contribution < 1.29 is 9.84 Å². The molecule has 2 heterocycles. The van der Waals surface area contributed by atoms with Gasteiger partial charge in [0, 0.05) is 22.8 Å². The van der Waals surface area contributed by atoms with E-state index in [4.69, 9.17) is 16.3 Å². The molecule has 0 saturated heterocycles. The van der Waals surface area contributed by atoms with Crippen molar-refractivity contribution in [2.75, 3.05) is 25.5 Å². The molecular formula is C17H16ClN3O2. The number of amidine groups is 1. The molecule has 23 heavy (non-hydrogen) atoms. The first kappa shape index (κ1) is 14.2. The lowest BCUT2D eigenvalue weighted by molar-refractivity contribution is 0.358. The highest BCUT2D eigenvalue weighted by Crippen LogP contribution is 2.38. The van der Waals surface area contributed by atoms with Gasteiger partial charge in [-0.15, -0.1) is 0 Å². The van der Waals surface area contributed by atoms with Crippen molar-refractivity contribution in [1.29, 1.82) is 0 Å². The van der Waals surface area contributed by atoms with Crippen LogP contribution in [-0.2, 0) is 0 Å². The number of nitrogens with zero attached hydrogens (tertiary/aromatic N) is 2. The summed E-state index contributed by atoms with van der Waals surface area (Å²) in [6, 6.07) is 11.2. The predicted molar refractivity (Wildman–Crippen MR) is 90.6 cm³/mol. The Morgan fingerprint density at radius 1 is 1.30 bits per heavy atom. The third-order valence-electron chi connectivity index (χ3n) is 4.22. The number of aromatic hydroxyl groups is 1. The number of benzene rings is 2. The average molecular weight is 330 g/mol. The Morgan fingerprint density at radius 2 is 2.17 bits per heavy atom. The van der Waals surface area contributed by atoms with E-state index in [-0.39, 0.29) is 11.9 Å². The molecule has 6 heteroatoms. The number of halogens is 1. The standard InChI is InChI=1S/C17H16ClN3O2/c1-23-15-8-10(2-5-14(15)22)16-20-13-9-11(18)3-4-12(13)17-19-6-7-21(16)17/h2-5,8-9,16,20,22H,6-7H2,1H3. The number of nitrogens with one attached hydrogen (secondary N) is 1. The normalized spacial score (nSPS) is 18.8. The Kier molecular flexibility index (Phi) is 3.31. The second-order valence-electron chi connectivity index (χ2n) is 5.57. The first-order valence-electron chi connectivity index (χ1n) is 7.42. The summed E-state index contributed by atoms with van der Waals surface area (Å²) >= 11 is 6.14. The Bertz CT molecular complexity index is 806. The zero-order chi connectivity index (χ0) is 16.0. The van der Waals surface area contributed by atoms with E-state index in [2.05, 4.69) is 15.2 Å². The molecule has 0 bridgehead atoms. The fraction of sp³-hybridized carbons (Fsp3) is 0.235. The second kappa shape index (κ2) is 5.35. The van der Waals surface area contributed by atoms with Gasteiger partial charge in [0.15, 0.2) is 11.5 Å². The number of phenolic OH excluding ortho intramolecular Hbond substituents is 1. The first-order valence-corrected chi connectivity index (χ1v) is 7.79. The van der Waals surface area contributed by atoms with E-state index >= 15 is 0 Å². The van der Waals surface area contributed by atoms with E-state index in [0.717, 1.165) is 35.7 Å². The molecule has 1 unspecified atom stereocenters. The van der Waals surface area contributed by atoms with Crippen LogP contribution in [0, 0.1) is 0 Å². The molecule has 0 aromatic heterocycles. The van der Waals surface area contributed by atoms with Gasteiger partial charge >= 0.3 is 0 Å². The molecule has 0 aliphatic carbocycles. The van der Waals surface area contributed by atoms with E-state index in [9.17, 15) is 5.11 Å². The molecular weight excluding hydrogens is 314 g/mol. The van der Waals surface area contributed by atoms with Crippen molar-refractivity contribution in [3.05, 3.63) is 52.5 Å². The molecule has 0 fully saturated rings. The van der Waals surface area contributed by atoms with Crippen LogP contribution in [0.3, 0.4) is 0 Å². The van der Waals surface area contributed by atoms with Crippen molar-refractivity contribution in [1.82, 2.24) is 4.90 Å². The number of aliphatic imine (C=N–C) groups is 1. The van der Waals surface area contributed by atoms with Gasteiger partial charge in [-0.3, -0.25) is 4.99 Å². The molecule has 5 nitrogen and oxygen atoms in total. The lowest BCUT2D eigenvalue weighted by Crippen LogP contribution is -2.41. The van der Waals surface area contributed by atoms with E-state index in [1.807, 2.05) is 30.3 Å². The largest absolute Gasteiger partial charge is 0.504 e. The van der Waals surface area contributed by atoms with Crippen LogP contribution in [-0.4, -0.2) is 36.0 Å². The van der Waals surface area contributed by atoms with Crippen LogP contribution in [0.5, 0.6) is 11.5 Å². The Balaban J connectivity index is 1.80. The quantitative estimate of drug-likeness (QED) is 0.888. The van der Waals surface area contributed by atoms with E-state index < -0.39 is 0 Å². The minimum absolute atomic E-state index is 0.0725. The summed E-state index contributed by atoms with van der Waals surface area (Å²) in [4.78, 5) is 6.87. The smallest absolute Gasteiger partial charge is 0.160 e. The van der Waals surface area contributed by atoms with Gasteiger partial charge in [0.05, 0.1) is 13.7 Å². The molecule has 2 N–H and O–H groups in total. The minimum atomic E-state index is -0.0725. The number of ether oxygens (including phenoxy) is 1. The molecule has 1 atom stereocenters. The maximum atomic E-state index is 9.81. The van der Waals surface area contributed by atoms with Crippen molar-refractivity contribution in [3.63, 3.8) is 0 Å². The van der Waals surface area contributed by atoms with Gasteiger partial charge < -0.3 is 20.1 Å². The number of methoxy groups -OCH3 is 1. The average Bonchev–Trinajstić information content (AvgIpc) is 3.04. The van der Waals surface area contributed by atoms with Gasteiger partial charge in [-0.05, 0) is 35.9 Å². The van der Waals surface area contributed by atoms with Gasteiger partial charge in [-0.2, -0.15) is 0 Å². The number of phenols is 1. The molecule has 0 saturated carbocycles. The number of hydrogen-bond acceptors (Lipinski definition) is 5. The SMILES string of the molecule is COc1cc(C2Nc3cc(Cl)ccc3C3=NCCN32)ccc1O. The lowest BCUT2D eigenvalue weighted by Gasteiger charge is -2.37. The molecule has 0 radical (unpaired) electrons. The molecule has 4 rings (SSSR count). The summed E-state index contributed by atoms with van der Waals surface area (Å²) < 4.78 is 5.23. The van der Waals surface area contributed by atoms with Crippen LogP contribution in [0.25, 0.3) is 0 Å². The molecule has 2 aromatic rings. The third-order valence-corrected chi connectivity index (χ3v) is 4.46. The summed E-state index contributed by atoms with van der Waals surface area (Å²) in [5.74, 6) is 1.57. The number of fused-ring (bicyclic) bond motifs is 3. The summed E-state index contributed by atoms with van der Waals surface area (Å²) in [7, 11) is 1.55. The van der Waals surface area contributed by atoms with Crippen molar-refractivity contribution in [3.8, 4) is 11.5 Å². The predicted octanol–water partition coefficient (Wildman–Crippen LogP) is 3.24. The van der Waals surface area contributed by atoms with Gasteiger partial charge in [0.2, 0.25) is 0 Å². The Morgan fingerprint density at radius 3 is 3.00 bits per heavy atom. The summed E-state index contributed by atoms with van der Waals surface area (Å²) in [5, 5.41) is 14.0. The van der Waals surface area contributed by atoms with Crippen LogP contribution in [0.4, 0.5) is 5.69 Å². The molecule has 2 aliphatic heterocycles. The molecule has 0 spiro atoms. The van der Waals surface area contributed by atoms with Crippen LogP contribution in [0.1, 0.15) is 17.3 Å². The van der Waals surface area contributed by atoms with Gasteiger partial charge in [0.1, 0.15) is 12.0 Å². The summed E-state index contributed by atoms with van der Waals surface area (Å²) in [5.41, 5.74) is 3.03. The zero-order valence-corrected chi connectivity index (χ0v) is 13.3. The number of rotatable bonds is 2. The Labute approximate surface area is 139 Å². The van der Waals surface area contributed by atoms with Crippen molar-refractivity contribution in [2.45, 2.75) is 6.17 Å². The van der Waals surface area contributed by atoms with E-state index in [1.165, 1.54) is 0 Å². The highest BCUT2D eigenvalue weighted by molar-refractivity contribution is 6.31. The maximum absolute atomic E-state index is 9.81. The fourth-order valence-electron chi connectivity index (χ4n) is 3.14. The van der Waals surface area contributed by atoms with Crippen LogP contribution in [0.2, 0.25) is 5.02 Å². The lowest BCUT2D eigenvalue weighted by atomic mass is 10.0. The topological polar surface area (TPSA) is 57.1 Å². The van der Waals surface area contributed by atoms with Crippen LogP contribution < -0.4 is 10.1 Å². The Hall–Kier alpha value is -2.40. The first-order chi connectivity index (χ1) is 11.2. The molecule has 2 aliphatic rings. The van der Waals surface area contributed by atoms with E-state index in [0.29, 0.717) is 10.8 Å². The van der Waals surface area contributed by atoms with Crippen LogP contribution >= 0.6 is 11.6 Å². The minimum Gasteiger partial charge on any atom is -0.504 e. The maximum Gasteiger partial charge on any atom is 0.160 e. The zero-order valence-electron chi connectivity index (χ0n) is 12.6. The van der Waals surface area contributed by atoms with E-state index in [1.54, 1.807) is 13.2 Å². The summed E-state index contributed by atoms with van der Waals surface area (Å²) in [6.07, 6.45) is -0.0725. The molecule has 2 aromatic carbocycles. The van der Waals surface area contributed by atoms with Gasteiger partial charge in [0.25, 0.3) is 0 Å². The second-order valence-corrected chi connectivity index (χ2v) is 6.00. The summed E-state index contributed by atoms with van der Waals surface area (Å²) in [6.45, 7) is 1.61. The molecule has 118 valence electrons. The highest BCUT2D eigenvalue weighted by Gasteiger charge is 2.34. The number of anilines is 1. The van der Waals surface area contributed by atoms with Crippen LogP contribution in [0.15, 0.2) is 41.4 Å². The highest BCUT2D eigenvalue weighted by atomic mass is 35.5. The van der Waals surface area contributed by atoms with Crippen molar-refractivity contribution in [2.24, 2.45) is 4.99 Å². The van der Waals surface area contributed by atoms with Crippen molar-refractivity contribution >= 4 is 23.1 Å². The number of hydrogen-bond donors (Lipinski definition) is 2. The van der Waals surface area contributed by atoms with Gasteiger partial charge in [-0.25, -0.2) is 0 Å². The third kappa shape index (κ3) is 2.28.